The second-order valence-corrected chi connectivity index (χ2v) is 2.95. The van der Waals surface area contributed by atoms with Gasteiger partial charge in [0.25, 0.3) is 0 Å². The second-order valence-electron chi connectivity index (χ2n) is 2.95. The fourth-order valence-corrected chi connectivity index (χ4v) is 1.07. The molecule has 0 amide bonds. The smallest absolute Gasteiger partial charge is 0.220 e. The normalized spacial score (nSPS) is 17.0. The molecule has 64 valence electrons. The van der Waals surface area contributed by atoms with Crippen LogP contribution in [0.25, 0.3) is 0 Å². The molecule has 1 heterocycles. The van der Waals surface area contributed by atoms with Crippen molar-refractivity contribution in [2.75, 3.05) is 5.73 Å². The van der Waals surface area contributed by atoms with Gasteiger partial charge in [0.05, 0.1) is 18.5 Å². The zero-order valence-electron chi connectivity index (χ0n) is 6.73. The molecule has 2 rings (SSSR count). The average molecular weight is 165 g/mol. The minimum atomic E-state index is 0.288. The third kappa shape index (κ3) is 1.47. The molecule has 4 nitrogen and oxygen atoms in total. The maximum Gasteiger partial charge on any atom is 0.220 e. The van der Waals surface area contributed by atoms with Crippen LogP contribution in [0.3, 0.4) is 0 Å². The third-order valence-electron chi connectivity index (χ3n) is 2.00. The number of nitrogen functional groups attached to an aromatic ring is 1. The van der Waals surface area contributed by atoms with Crippen LogP contribution in [0, 0.1) is 0 Å². The SMILES string of the molecule is Nc1ncc(OC2CCC2)cn1. The zero-order valence-corrected chi connectivity index (χ0v) is 6.73. The highest BCUT2D eigenvalue weighted by atomic mass is 16.5. The van der Waals surface area contributed by atoms with Crippen LogP contribution in [0.5, 0.6) is 5.75 Å². The van der Waals surface area contributed by atoms with Gasteiger partial charge in [-0.1, -0.05) is 0 Å². The molecule has 4 heteroatoms. The minimum Gasteiger partial charge on any atom is -0.487 e. The van der Waals surface area contributed by atoms with Gasteiger partial charge in [0, 0.05) is 0 Å². The number of hydrogen-bond acceptors (Lipinski definition) is 4. The lowest BCUT2D eigenvalue weighted by molar-refractivity contribution is 0.119. The van der Waals surface area contributed by atoms with E-state index in [9.17, 15) is 0 Å². The Balaban J connectivity index is 1.98. The molecular weight excluding hydrogens is 154 g/mol. The van der Waals surface area contributed by atoms with Gasteiger partial charge in [-0.25, -0.2) is 9.97 Å². The van der Waals surface area contributed by atoms with Crippen molar-refractivity contribution in [3.05, 3.63) is 12.4 Å². The monoisotopic (exact) mass is 165 g/mol. The van der Waals surface area contributed by atoms with Gasteiger partial charge in [0.15, 0.2) is 5.75 Å². The molecule has 1 aromatic rings. The summed E-state index contributed by atoms with van der Waals surface area (Å²) in [5.74, 6) is 1.00. The Labute approximate surface area is 70.8 Å². The maximum atomic E-state index is 5.52. The molecule has 0 unspecified atom stereocenters. The van der Waals surface area contributed by atoms with Gasteiger partial charge in [-0.2, -0.15) is 0 Å². The van der Waals surface area contributed by atoms with Gasteiger partial charge in [-0.15, -0.1) is 0 Å². The third-order valence-corrected chi connectivity index (χ3v) is 2.00. The molecule has 1 aromatic heterocycles. The summed E-state index contributed by atoms with van der Waals surface area (Å²) in [6.45, 7) is 0. The van der Waals surface area contributed by atoms with E-state index in [2.05, 4.69) is 9.97 Å². The summed E-state index contributed by atoms with van der Waals surface area (Å²) in [6, 6.07) is 0. The molecule has 1 fully saturated rings. The summed E-state index contributed by atoms with van der Waals surface area (Å²) in [7, 11) is 0. The van der Waals surface area contributed by atoms with Crippen molar-refractivity contribution in [3.63, 3.8) is 0 Å². The highest BCUT2D eigenvalue weighted by Gasteiger charge is 2.18. The summed E-state index contributed by atoms with van der Waals surface area (Å²) < 4.78 is 5.52. The Morgan fingerprint density at radius 1 is 1.33 bits per heavy atom. The van der Waals surface area contributed by atoms with Crippen LogP contribution < -0.4 is 10.5 Å². The Hall–Kier alpha value is -1.32. The van der Waals surface area contributed by atoms with E-state index >= 15 is 0 Å². The fourth-order valence-electron chi connectivity index (χ4n) is 1.07. The van der Waals surface area contributed by atoms with Crippen molar-refractivity contribution in [3.8, 4) is 5.75 Å². The lowest BCUT2D eigenvalue weighted by atomic mass is 9.96. The van der Waals surface area contributed by atoms with Gasteiger partial charge in [0.2, 0.25) is 5.95 Å². The topological polar surface area (TPSA) is 61.0 Å². The van der Waals surface area contributed by atoms with Crippen molar-refractivity contribution >= 4 is 5.95 Å². The molecule has 0 spiro atoms. The van der Waals surface area contributed by atoms with Gasteiger partial charge >= 0.3 is 0 Å². The number of hydrogen-bond donors (Lipinski definition) is 1. The number of rotatable bonds is 2. The molecule has 0 atom stereocenters. The second kappa shape index (κ2) is 2.97. The van der Waals surface area contributed by atoms with Gasteiger partial charge < -0.3 is 10.5 Å². The Morgan fingerprint density at radius 3 is 2.50 bits per heavy atom. The van der Waals surface area contributed by atoms with E-state index < -0.39 is 0 Å². The molecule has 0 bridgehead atoms. The van der Waals surface area contributed by atoms with E-state index in [1.165, 1.54) is 6.42 Å². The summed E-state index contributed by atoms with van der Waals surface area (Å²) in [5, 5.41) is 0. The summed E-state index contributed by atoms with van der Waals surface area (Å²) >= 11 is 0. The van der Waals surface area contributed by atoms with Gasteiger partial charge in [-0.3, -0.25) is 0 Å². The van der Waals surface area contributed by atoms with E-state index in [4.69, 9.17) is 10.5 Å². The van der Waals surface area contributed by atoms with Crippen LogP contribution in [0.2, 0.25) is 0 Å². The first-order chi connectivity index (χ1) is 5.84. The molecule has 2 N–H and O–H groups in total. The molecule has 0 saturated heterocycles. The van der Waals surface area contributed by atoms with E-state index in [-0.39, 0.29) is 5.95 Å². The van der Waals surface area contributed by atoms with E-state index in [1.54, 1.807) is 12.4 Å². The minimum absolute atomic E-state index is 0.288. The number of nitrogens with zero attached hydrogens (tertiary/aromatic N) is 2. The van der Waals surface area contributed by atoms with Crippen molar-refractivity contribution in [2.24, 2.45) is 0 Å². The zero-order chi connectivity index (χ0) is 8.39. The van der Waals surface area contributed by atoms with Crippen LogP contribution in [-0.4, -0.2) is 16.1 Å². The first kappa shape index (κ1) is 7.34. The van der Waals surface area contributed by atoms with Crippen LogP contribution in [-0.2, 0) is 0 Å². The summed E-state index contributed by atoms with van der Waals surface area (Å²) in [6.07, 6.45) is 7.15. The molecule has 1 saturated carbocycles. The quantitative estimate of drug-likeness (QED) is 0.709. The van der Waals surface area contributed by atoms with Gasteiger partial charge in [0.1, 0.15) is 0 Å². The van der Waals surface area contributed by atoms with Crippen LogP contribution in [0.15, 0.2) is 12.4 Å². The van der Waals surface area contributed by atoms with Crippen LogP contribution in [0.4, 0.5) is 5.95 Å². The van der Waals surface area contributed by atoms with Gasteiger partial charge in [-0.05, 0) is 19.3 Å². The first-order valence-electron chi connectivity index (χ1n) is 4.09. The van der Waals surface area contributed by atoms with E-state index in [0.29, 0.717) is 11.9 Å². The molecule has 0 aliphatic heterocycles. The highest BCUT2D eigenvalue weighted by Crippen LogP contribution is 2.23. The fraction of sp³-hybridized carbons (Fsp3) is 0.500. The summed E-state index contributed by atoms with van der Waals surface area (Å²) in [5.41, 5.74) is 5.33. The molecule has 12 heavy (non-hydrogen) atoms. The predicted octanol–water partition coefficient (Wildman–Crippen LogP) is 0.990. The molecular formula is C8H11N3O. The Kier molecular flexibility index (Phi) is 1.81. The van der Waals surface area contributed by atoms with E-state index in [0.717, 1.165) is 12.8 Å². The molecule has 0 radical (unpaired) electrons. The molecule has 1 aliphatic rings. The molecule has 0 aromatic carbocycles. The Bertz CT molecular complexity index is 256. The number of ether oxygens (including phenoxy) is 1. The average Bonchev–Trinajstić information content (AvgIpc) is 2.00. The number of nitrogens with two attached hydrogens (primary N) is 1. The Morgan fingerprint density at radius 2 is 2.00 bits per heavy atom. The highest BCUT2D eigenvalue weighted by molar-refractivity contribution is 5.21. The van der Waals surface area contributed by atoms with Crippen molar-refractivity contribution in [1.29, 1.82) is 0 Å². The van der Waals surface area contributed by atoms with Crippen molar-refractivity contribution < 1.29 is 4.74 Å². The standard InChI is InChI=1S/C8H11N3O/c9-8-10-4-7(5-11-8)12-6-2-1-3-6/h4-6H,1-3H2,(H2,9,10,11). The van der Waals surface area contributed by atoms with E-state index in [1.807, 2.05) is 0 Å². The van der Waals surface area contributed by atoms with Crippen LogP contribution >= 0.6 is 0 Å². The lowest BCUT2D eigenvalue weighted by Gasteiger charge is -2.25. The number of aromatic nitrogens is 2. The van der Waals surface area contributed by atoms with Crippen molar-refractivity contribution in [2.45, 2.75) is 25.4 Å². The van der Waals surface area contributed by atoms with Crippen molar-refractivity contribution in [1.82, 2.24) is 9.97 Å². The summed E-state index contributed by atoms with van der Waals surface area (Å²) in [4.78, 5) is 7.66. The largest absolute Gasteiger partial charge is 0.487 e. The number of anilines is 1. The predicted molar refractivity (Wildman–Crippen MR) is 44.7 cm³/mol. The van der Waals surface area contributed by atoms with Crippen LogP contribution in [0.1, 0.15) is 19.3 Å². The lowest BCUT2D eigenvalue weighted by Crippen LogP contribution is -2.24. The molecule has 1 aliphatic carbocycles. The maximum absolute atomic E-state index is 5.52. The first-order valence-corrected chi connectivity index (χ1v) is 4.09.